The number of cyclic esters (lactones) is 1. The molecule has 2 bridgehead atoms. The Bertz CT molecular complexity index is 1040. The first-order chi connectivity index (χ1) is 18.0. The highest BCUT2D eigenvalue weighted by molar-refractivity contribution is 5.90. The van der Waals surface area contributed by atoms with Crippen LogP contribution in [0.5, 0.6) is 0 Å². The van der Waals surface area contributed by atoms with E-state index < -0.39 is 40.5 Å². The SMILES string of the molecule is CCN(CC)CCOC(=O)/C(C)=C/C=C/[C@@]1(C)OC(=O)[C@]23CC=C(C(=O)OC)CC[C@]2(OC(C)=O)[C@H]1CC3. The fourth-order valence-corrected chi connectivity index (χ4v) is 6.37. The lowest BCUT2D eigenvalue weighted by Gasteiger charge is -2.54. The lowest BCUT2D eigenvalue weighted by molar-refractivity contribution is -0.235. The Kier molecular flexibility index (Phi) is 9.23. The van der Waals surface area contributed by atoms with Crippen molar-refractivity contribution >= 4 is 23.9 Å². The largest absolute Gasteiger partial charge is 0.466 e. The minimum absolute atomic E-state index is 0.234. The Balaban J connectivity index is 1.84. The number of hydrogen-bond donors (Lipinski definition) is 0. The molecule has 0 unspecified atom stereocenters. The van der Waals surface area contributed by atoms with Gasteiger partial charge in [-0.3, -0.25) is 9.59 Å². The number of likely N-dealkylation sites (N-methyl/N-ethyl adjacent to an activating group) is 1. The molecule has 0 aromatic carbocycles. The van der Waals surface area contributed by atoms with Crippen LogP contribution in [-0.2, 0) is 38.1 Å². The zero-order valence-electron chi connectivity index (χ0n) is 23.5. The van der Waals surface area contributed by atoms with Crippen LogP contribution in [-0.4, -0.2) is 73.3 Å². The summed E-state index contributed by atoms with van der Waals surface area (Å²) in [7, 11) is 1.32. The van der Waals surface area contributed by atoms with Crippen LogP contribution in [0.15, 0.2) is 35.5 Å². The number of methoxy groups -OCH3 is 1. The molecule has 0 aromatic heterocycles. The summed E-state index contributed by atoms with van der Waals surface area (Å²) >= 11 is 0. The van der Waals surface area contributed by atoms with Crippen molar-refractivity contribution in [2.24, 2.45) is 11.3 Å². The molecule has 0 aromatic rings. The molecule has 1 saturated heterocycles. The second-order valence-electron chi connectivity index (χ2n) is 10.5. The van der Waals surface area contributed by atoms with Crippen molar-refractivity contribution in [1.29, 1.82) is 0 Å². The van der Waals surface area contributed by atoms with Crippen LogP contribution in [0, 0.1) is 11.3 Å². The third-order valence-corrected chi connectivity index (χ3v) is 8.49. The first kappa shape index (κ1) is 29.6. The van der Waals surface area contributed by atoms with E-state index in [9.17, 15) is 19.2 Å². The summed E-state index contributed by atoms with van der Waals surface area (Å²) in [5.41, 5.74) is -2.37. The third-order valence-electron chi connectivity index (χ3n) is 8.49. The minimum atomic E-state index is -1.12. The van der Waals surface area contributed by atoms with Crippen molar-refractivity contribution < 1.29 is 38.1 Å². The quantitative estimate of drug-likeness (QED) is 0.181. The van der Waals surface area contributed by atoms with E-state index in [0.29, 0.717) is 50.0 Å². The van der Waals surface area contributed by atoms with Crippen LogP contribution in [0.3, 0.4) is 0 Å². The molecule has 9 nitrogen and oxygen atoms in total. The Morgan fingerprint density at radius 1 is 1.18 bits per heavy atom. The molecular weight excluding hydrogens is 490 g/mol. The van der Waals surface area contributed by atoms with Crippen molar-refractivity contribution in [1.82, 2.24) is 4.90 Å². The Morgan fingerprint density at radius 2 is 1.89 bits per heavy atom. The predicted octanol–water partition coefficient (Wildman–Crippen LogP) is 3.67. The van der Waals surface area contributed by atoms with Gasteiger partial charge in [0.05, 0.1) is 7.11 Å². The maximum Gasteiger partial charge on any atom is 0.333 e. The van der Waals surface area contributed by atoms with E-state index in [1.165, 1.54) is 14.0 Å². The smallest absolute Gasteiger partial charge is 0.333 e. The molecule has 38 heavy (non-hydrogen) atoms. The second kappa shape index (κ2) is 11.8. The molecule has 0 N–H and O–H groups in total. The monoisotopic (exact) mass is 531 g/mol. The normalized spacial score (nSPS) is 30.8. The highest BCUT2D eigenvalue weighted by Crippen LogP contribution is 2.65. The summed E-state index contributed by atoms with van der Waals surface area (Å²) in [4.78, 5) is 52.9. The zero-order chi connectivity index (χ0) is 28.1. The standard InChI is InChI=1S/C29H41NO8/c1-7-30(8-2)18-19-36-24(32)20(3)10-9-14-27(5)23-13-16-28(26(34)38-27)15-11-22(25(33)35-6)12-17-29(23,28)37-21(4)31/h9-11,14,23H,7-8,12-13,15-19H2,1-6H3/b14-9+,20-10+/t23-,27+,28+,29-/m0/s1. The van der Waals surface area contributed by atoms with E-state index in [4.69, 9.17) is 18.9 Å². The Labute approximate surface area is 225 Å². The van der Waals surface area contributed by atoms with Gasteiger partial charge < -0.3 is 23.8 Å². The molecule has 3 rings (SSSR count). The molecule has 1 heterocycles. The molecular formula is C29H41NO8. The van der Waals surface area contributed by atoms with Gasteiger partial charge in [-0.05, 0) is 65.1 Å². The second-order valence-corrected chi connectivity index (χ2v) is 10.5. The van der Waals surface area contributed by atoms with Crippen LogP contribution in [0.4, 0.5) is 0 Å². The van der Waals surface area contributed by atoms with Gasteiger partial charge in [0.15, 0.2) is 0 Å². The third kappa shape index (κ3) is 5.44. The minimum Gasteiger partial charge on any atom is -0.466 e. The molecule has 1 saturated carbocycles. The highest BCUT2D eigenvalue weighted by Gasteiger charge is 2.74. The van der Waals surface area contributed by atoms with Gasteiger partial charge in [0.1, 0.15) is 23.2 Å². The lowest BCUT2D eigenvalue weighted by Crippen LogP contribution is -2.65. The fourth-order valence-electron chi connectivity index (χ4n) is 6.37. The number of carbonyl (C=O) groups excluding carboxylic acids is 4. The van der Waals surface area contributed by atoms with E-state index in [1.807, 2.05) is 0 Å². The van der Waals surface area contributed by atoms with Gasteiger partial charge in [-0.25, -0.2) is 9.59 Å². The average molecular weight is 532 g/mol. The number of nitrogens with zero attached hydrogens (tertiary/aromatic N) is 1. The van der Waals surface area contributed by atoms with E-state index in [-0.39, 0.29) is 12.3 Å². The van der Waals surface area contributed by atoms with Crippen LogP contribution in [0.1, 0.15) is 66.7 Å². The molecule has 2 fully saturated rings. The number of ether oxygens (including phenoxy) is 4. The molecule has 210 valence electrons. The summed E-state index contributed by atoms with van der Waals surface area (Å²) in [5, 5.41) is 0. The van der Waals surface area contributed by atoms with Crippen molar-refractivity contribution in [3.8, 4) is 0 Å². The number of esters is 4. The highest BCUT2D eigenvalue weighted by atomic mass is 16.6. The van der Waals surface area contributed by atoms with Gasteiger partial charge in [-0.2, -0.15) is 0 Å². The summed E-state index contributed by atoms with van der Waals surface area (Å²) in [6.45, 7) is 11.7. The van der Waals surface area contributed by atoms with Crippen molar-refractivity contribution in [2.75, 3.05) is 33.4 Å². The molecule has 4 atom stereocenters. The number of allylic oxidation sites excluding steroid dienone is 3. The Morgan fingerprint density at radius 3 is 2.53 bits per heavy atom. The molecule has 0 spiro atoms. The molecule has 1 aliphatic heterocycles. The Hall–Kier alpha value is -2.94. The van der Waals surface area contributed by atoms with Gasteiger partial charge in [0.25, 0.3) is 0 Å². The van der Waals surface area contributed by atoms with E-state index in [1.54, 1.807) is 38.2 Å². The van der Waals surface area contributed by atoms with Gasteiger partial charge >= 0.3 is 23.9 Å². The summed E-state index contributed by atoms with van der Waals surface area (Å²) in [6, 6.07) is 0. The van der Waals surface area contributed by atoms with E-state index in [2.05, 4.69) is 18.7 Å². The zero-order valence-corrected chi connectivity index (χ0v) is 23.5. The van der Waals surface area contributed by atoms with Crippen LogP contribution >= 0.6 is 0 Å². The summed E-state index contributed by atoms with van der Waals surface area (Å²) in [6.07, 6.45) is 8.77. The fraction of sp³-hybridized carbons (Fsp3) is 0.655. The number of carbonyl (C=O) groups is 4. The van der Waals surface area contributed by atoms with Crippen LogP contribution in [0.25, 0.3) is 0 Å². The van der Waals surface area contributed by atoms with Crippen molar-refractivity contribution in [2.45, 2.75) is 77.9 Å². The average Bonchev–Trinajstić information content (AvgIpc) is 3.02. The van der Waals surface area contributed by atoms with Crippen LogP contribution in [0.2, 0.25) is 0 Å². The number of hydrogen-bond acceptors (Lipinski definition) is 9. The van der Waals surface area contributed by atoms with Gasteiger partial charge in [-0.15, -0.1) is 0 Å². The maximum absolute atomic E-state index is 13.7. The first-order valence-corrected chi connectivity index (χ1v) is 13.4. The van der Waals surface area contributed by atoms with Crippen molar-refractivity contribution in [3.63, 3.8) is 0 Å². The summed E-state index contributed by atoms with van der Waals surface area (Å²) < 4.78 is 22.4. The molecule has 3 aliphatic rings. The van der Waals surface area contributed by atoms with Gasteiger partial charge in [-0.1, -0.05) is 32.1 Å². The maximum atomic E-state index is 13.7. The van der Waals surface area contributed by atoms with Gasteiger partial charge in [0.2, 0.25) is 0 Å². The van der Waals surface area contributed by atoms with E-state index >= 15 is 0 Å². The first-order valence-electron chi connectivity index (χ1n) is 13.4. The van der Waals surface area contributed by atoms with E-state index in [0.717, 1.165) is 13.1 Å². The molecule has 0 radical (unpaired) electrons. The number of rotatable bonds is 10. The van der Waals surface area contributed by atoms with Gasteiger partial charge in [0, 0.05) is 30.5 Å². The molecule has 0 amide bonds. The summed E-state index contributed by atoms with van der Waals surface area (Å²) in [5.74, 6) is -2.11. The lowest BCUT2D eigenvalue weighted by atomic mass is 9.62. The van der Waals surface area contributed by atoms with Crippen LogP contribution < -0.4 is 0 Å². The predicted molar refractivity (Wildman–Crippen MR) is 140 cm³/mol. The topological polar surface area (TPSA) is 108 Å². The molecule has 2 aliphatic carbocycles. The molecule has 9 heteroatoms. The van der Waals surface area contributed by atoms with Crippen molar-refractivity contribution in [3.05, 3.63) is 35.5 Å².